The van der Waals surface area contributed by atoms with Gasteiger partial charge in [-0.3, -0.25) is 4.79 Å². The second kappa shape index (κ2) is 13.1. The van der Waals surface area contributed by atoms with Crippen LogP contribution in [-0.4, -0.2) is 35.7 Å². The Morgan fingerprint density at radius 1 is 0.973 bits per heavy atom. The molecule has 0 bridgehead atoms. The van der Waals surface area contributed by atoms with Gasteiger partial charge >= 0.3 is 0 Å². The molecule has 0 saturated carbocycles. The van der Waals surface area contributed by atoms with Crippen LogP contribution in [0.1, 0.15) is 30.3 Å². The largest absolute Gasteiger partial charge is 0.493 e. The molecule has 0 spiro atoms. The average Bonchev–Trinajstić information content (AvgIpc) is 3.28. The molecule has 0 fully saturated rings. The Morgan fingerprint density at radius 3 is 2.59 bits per heavy atom. The van der Waals surface area contributed by atoms with Crippen molar-refractivity contribution in [1.29, 1.82) is 0 Å². The van der Waals surface area contributed by atoms with Gasteiger partial charge in [-0.05, 0) is 54.8 Å². The van der Waals surface area contributed by atoms with Crippen LogP contribution in [0.3, 0.4) is 0 Å². The zero-order valence-corrected chi connectivity index (χ0v) is 21.4. The highest BCUT2D eigenvalue weighted by Crippen LogP contribution is 2.29. The van der Waals surface area contributed by atoms with Crippen LogP contribution in [0.25, 0.3) is 23.2 Å². The number of carbonyl (C=O) groups excluding carboxylic acids is 1. The molecule has 6 heteroatoms. The molecule has 4 rings (SSSR count). The lowest BCUT2D eigenvalue weighted by Crippen LogP contribution is -2.24. The van der Waals surface area contributed by atoms with E-state index in [9.17, 15) is 4.79 Å². The van der Waals surface area contributed by atoms with Crippen LogP contribution in [0.15, 0.2) is 84.9 Å². The number of aromatic nitrogens is 2. The van der Waals surface area contributed by atoms with Crippen LogP contribution >= 0.6 is 0 Å². The highest BCUT2D eigenvalue weighted by atomic mass is 16.5. The van der Waals surface area contributed by atoms with Crippen molar-refractivity contribution in [2.75, 3.05) is 20.3 Å². The molecule has 4 aromatic rings. The fourth-order valence-corrected chi connectivity index (χ4v) is 4.16. The number of para-hydroxylation sites is 2. The molecule has 0 aliphatic rings. The van der Waals surface area contributed by atoms with Crippen LogP contribution in [0.4, 0.5) is 0 Å². The molecule has 0 aliphatic heterocycles. The number of methoxy groups -OCH3 is 1. The van der Waals surface area contributed by atoms with E-state index in [0.29, 0.717) is 19.6 Å². The van der Waals surface area contributed by atoms with E-state index in [4.69, 9.17) is 14.5 Å². The van der Waals surface area contributed by atoms with E-state index in [1.165, 1.54) is 0 Å². The third-order valence-corrected chi connectivity index (χ3v) is 5.94. The van der Waals surface area contributed by atoms with Gasteiger partial charge in [0.1, 0.15) is 5.82 Å². The van der Waals surface area contributed by atoms with Crippen molar-refractivity contribution in [3.63, 3.8) is 0 Å². The summed E-state index contributed by atoms with van der Waals surface area (Å²) in [5, 5.41) is 2.97. The molecule has 3 aromatic carbocycles. The minimum atomic E-state index is -0.116. The smallest absolute Gasteiger partial charge is 0.244 e. The van der Waals surface area contributed by atoms with Gasteiger partial charge in [-0.25, -0.2) is 4.98 Å². The van der Waals surface area contributed by atoms with E-state index in [-0.39, 0.29) is 5.91 Å². The average molecular weight is 496 g/mol. The van der Waals surface area contributed by atoms with E-state index in [0.717, 1.165) is 52.4 Å². The second-order valence-electron chi connectivity index (χ2n) is 8.57. The third kappa shape index (κ3) is 7.10. The number of nitrogens with zero attached hydrogens (tertiary/aromatic N) is 2. The maximum atomic E-state index is 12.3. The summed E-state index contributed by atoms with van der Waals surface area (Å²) >= 11 is 0. The van der Waals surface area contributed by atoms with E-state index >= 15 is 0 Å². The van der Waals surface area contributed by atoms with Crippen molar-refractivity contribution >= 4 is 29.1 Å². The predicted molar refractivity (Wildman–Crippen MR) is 150 cm³/mol. The van der Waals surface area contributed by atoms with Gasteiger partial charge in [0.25, 0.3) is 0 Å². The number of fused-ring (bicyclic) bond motifs is 1. The van der Waals surface area contributed by atoms with E-state index in [2.05, 4.69) is 16.0 Å². The number of ether oxygens (including phenoxy) is 2. The molecule has 0 atom stereocenters. The Hall–Kier alpha value is -4.32. The number of nitrogens with one attached hydrogen (secondary N) is 1. The Kier molecular flexibility index (Phi) is 9.13. The van der Waals surface area contributed by atoms with Gasteiger partial charge < -0.3 is 19.4 Å². The summed E-state index contributed by atoms with van der Waals surface area (Å²) in [6.07, 6.45) is 8.85. The predicted octanol–water partition coefficient (Wildman–Crippen LogP) is 5.92. The zero-order valence-electron chi connectivity index (χ0n) is 21.4. The Balaban J connectivity index is 1.34. The number of hydrogen-bond donors (Lipinski definition) is 1. The number of carbonyl (C=O) groups is 1. The fourth-order valence-electron chi connectivity index (χ4n) is 4.16. The van der Waals surface area contributed by atoms with Gasteiger partial charge in [0.05, 0.1) is 24.8 Å². The Labute approximate surface area is 218 Å². The van der Waals surface area contributed by atoms with Crippen molar-refractivity contribution in [2.45, 2.75) is 26.3 Å². The van der Waals surface area contributed by atoms with Crippen LogP contribution in [0, 0.1) is 0 Å². The van der Waals surface area contributed by atoms with Crippen molar-refractivity contribution in [2.24, 2.45) is 0 Å². The summed E-state index contributed by atoms with van der Waals surface area (Å²) in [5.41, 5.74) is 4.10. The molecule has 6 nitrogen and oxygen atoms in total. The van der Waals surface area contributed by atoms with Crippen LogP contribution in [0.2, 0.25) is 0 Å². The van der Waals surface area contributed by atoms with Crippen molar-refractivity contribution in [3.8, 4) is 11.5 Å². The van der Waals surface area contributed by atoms with Crippen molar-refractivity contribution < 1.29 is 14.3 Å². The molecular weight excluding hydrogens is 462 g/mol. The van der Waals surface area contributed by atoms with Gasteiger partial charge in [-0.1, -0.05) is 60.7 Å². The van der Waals surface area contributed by atoms with E-state index in [1.807, 2.05) is 91.9 Å². The number of aryl methyl sites for hydroxylation is 1. The molecule has 1 amide bonds. The summed E-state index contributed by atoms with van der Waals surface area (Å²) in [6.45, 7) is 3.80. The molecule has 1 aromatic heterocycles. The summed E-state index contributed by atoms with van der Waals surface area (Å²) in [7, 11) is 1.65. The van der Waals surface area contributed by atoms with E-state index in [1.54, 1.807) is 13.2 Å². The number of benzene rings is 3. The second-order valence-corrected chi connectivity index (χ2v) is 8.57. The molecule has 0 unspecified atom stereocenters. The van der Waals surface area contributed by atoms with Crippen LogP contribution in [-0.2, 0) is 17.8 Å². The SMILES string of the molecule is C/C=C/c1ccc(OCCCn2c(CCNC(=O)/C=C/c3ccccc3)nc3ccccc32)c(OC)c1. The monoisotopic (exact) mass is 495 g/mol. The minimum Gasteiger partial charge on any atom is -0.493 e. The lowest BCUT2D eigenvalue weighted by molar-refractivity contribution is -0.116. The summed E-state index contributed by atoms with van der Waals surface area (Å²) in [5.74, 6) is 2.29. The Morgan fingerprint density at radius 2 is 1.78 bits per heavy atom. The molecule has 1 N–H and O–H groups in total. The van der Waals surface area contributed by atoms with Crippen molar-refractivity contribution in [1.82, 2.24) is 14.9 Å². The number of allylic oxidation sites excluding steroid dienone is 1. The molecule has 1 heterocycles. The summed E-state index contributed by atoms with van der Waals surface area (Å²) in [4.78, 5) is 17.1. The maximum absolute atomic E-state index is 12.3. The lowest BCUT2D eigenvalue weighted by atomic mass is 10.2. The highest BCUT2D eigenvalue weighted by molar-refractivity contribution is 5.91. The van der Waals surface area contributed by atoms with Gasteiger partial charge in [0.15, 0.2) is 11.5 Å². The number of imidazole rings is 1. The van der Waals surface area contributed by atoms with Gasteiger partial charge in [0.2, 0.25) is 5.91 Å². The lowest BCUT2D eigenvalue weighted by Gasteiger charge is -2.13. The van der Waals surface area contributed by atoms with Crippen LogP contribution < -0.4 is 14.8 Å². The number of amides is 1. The standard InChI is InChI=1S/C31H33N3O3/c1-3-10-25-15-17-28(29(23-25)36-2)37-22-9-21-34-27-14-8-7-13-26(27)33-30(34)19-20-32-31(35)18-16-24-11-5-4-6-12-24/h3-8,10-18,23H,9,19-22H2,1-2H3,(H,32,35)/b10-3+,18-16+. The molecule has 0 saturated heterocycles. The quantitative estimate of drug-likeness (QED) is 0.196. The fraction of sp³-hybridized carbons (Fsp3) is 0.226. The van der Waals surface area contributed by atoms with E-state index < -0.39 is 0 Å². The van der Waals surface area contributed by atoms with Crippen LogP contribution in [0.5, 0.6) is 11.5 Å². The Bertz CT molecular complexity index is 1370. The summed E-state index contributed by atoms with van der Waals surface area (Å²) in [6, 6.07) is 23.8. The molecule has 190 valence electrons. The van der Waals surface area contributed by atoms with Gasteiger partial charge in [0, 0.05) is 25.6 Å². The topological polar surface area (TPSA) is 65.4 Å². The number of rotatable bonds is 12. The first-order valence-electron chi connectivity index (χ1n) is 12.6. The molecule has 0 aliphatic carbocycles. The first-order chi connectivity index (χ1) is 18.2. The maximum Gasteiger partial charge on any atom is 0.244 e. The van der Waals surface area contributed by atoms with Gasteiger partial charge in [-0.15, -0.1) is 0 Å². The molecule has 0 radical (unpaired) electrons. The third-order valence-electron chi connectivity index (χ3n) is 5.94. The highest BCUT2D eigenvalue weighted by Gasteiger charge is 2.11. The zero-order chi connectivity index (χ0) is 25.9. The number of hydrogen-bond acceptors (Lipinski definition) is 4. The molecular formula is C31H33N3O3. The summed E-state index contributed by atoms with van der Waals surface area (Å²) < 4.78 is 13.8. The first-order valence-corrected chi connectivity index (χ1v) is 12.6. The van der Waals surface area contributed by atoms with Gasteiger partial charge in [-0.2, -0.15) is 0 Å². The minimum absolute atomic E-state index is 0.116. The van der Waals surface area contributed by atoms with Crippen molar-refractivity contribution in [3.05, 3.63) is 102 Å². The molecule has 37 heavy (non-hydrogen) atoms. The normalized spacial score (nSPS) is 11.4. The first kappa shape index (κ1) is 25.8.